The first-order valence-electron chi connectivity index (χ1n) is 30.5. The van der Waals surface area contributed by atoms with Gasteiger partial charge in [0.1, 0.15) is 19.8 Å². The van der Waals surface area contributed by atoms with Gasteiger partial charge >= 0.3 is 11.9 Å². The summed E-state index contributed by atoms with van der Waals surface area (Å²) >= 11 is 0. The molecule has 0 bridgehead atoms. The lowest BCUT2D eigenvalue weighted by Gasteiger charge is -2.28. The molecule has 0 radical (unpaired) electrons. The van der Waals surface area contributed by atoms with Crippen molar-refractivity contribution >= 4 is 19.8 Å². The topological polar surface area (TPSA) is 111 Å². The van der Waals surface area contributed by atoms with Gasteiger partial charge in [-0.1, -0.05) is 269 Å². The number of rotatable bonds is 57. The van der Waals surface area contributed by atoms with Gasteiger partial charge in [0.05, 0.1) is 27.7 Å². The fourth-order valence-electron chi connectivity index (χ4n) is 8.98. The standard InChI is InChI=1S/C61H118NO8P/c1-6-8-10-12-14-16-18-20-22-23-24-25-26-27-28-29-30-31-32-33-34-35-36-37-38-40-41-43-45-47-49-51-53-60(63)67-57-59(58-69-71(65,66)68-56-55-62(3,4)5)70-61(64)54-52-50-48-46-44-42-39-21-19-17-15-13-11-9-7-2/h15,17,21,39,59H,6-14,16,18-20,22-38,40-58H2,1-5H3/b17-15-,39-21-. The van der Waals surface area contributed by atoms with Crippen molar-refractivity contribution < 1.29 is 42.1 Å². The summed E-state index contributed by atoms with van der Waals surface area (Å²) in [5, 5.41) is 0. The number of carbonyl (C=O) groups is 2. The van der Waals surface area contributed by atoms with Crippen molar-refractivity contribution in [2.75, 3.05) is 47.5 Å². The second-order valence-corrected chi connectivity index (χ2v) is 23.5. The monoisotopic (exact) mass is 1020 g/mol. The van der Waals surface area contributed by atoms with Crippen molar-refractivity contribution in [1.82, 2.24) is 0 Å². The summed E-state index contributed by atoms with van der Waals surface area (Å²) in [6.45, 7) is 4.24. The summed E-state index contributed by atoms with van der Waals surface area (Å²) in [7, 11) is 1.17. The number of likely N-dealkylation sites (N-methyl/N-ethyl adjacent to an activating group) is 1. The molecule has 0 amide bonds. The highest BCUT2D eigenvalue weighted by atomic mass is 31.2. The maximum atomic E-state index is 12.7. The van der Waals surface area contributed by atoms with Crippen molar-refractivity contribution in [1.29, 1.82) is 0 Å². The summed E-state index contributed by atoms with van der Waals surface area (Å²) in [6, 6.07) is 0. The normalized spacial score (nSPS) is 13.4. The summed E-state index contributed by atoms with van der Waals surface area (Å²) in [5.74, 6) is -0.835. The molecule has 71 heavy (non-hydrogen) atoms. The molecule has 9 nitrogen and oxygen atoms in total. The lowest BCUT2D eigenvalue weighted by Crippen LogP contribution is -2.37. The number of unbranched alkanes of at least 4 members (excludes halogenated alkanes) is 39. The van der Waals surface area contributed by atoms with E-state index in [2.05, 4.69) is 38.2 Å². The van der Waals surface area contributed by atoms with Crippen LogP contribution < -0.4 is 4.89 Å². The number of hydrogen-bond donors (Lipinski definition) is 0. The Labute approximate surface area is 440 Å². The fraction of sp³-hybridized carbons (Fsp3) is 0.902. The van der Waals surface area contributed by atoms with Crippen LogP contribution in [-0.2, 0) is 32.7 Å². The smallest absolute Gasteiger partial charge is 0.306 e. The van der Waals surface area contributed by atoms with E-state index in [0.717, 1.165) is 57.8 Å². The number of hydrogen-bond acceptors (Lipinski definition) is 8. The van der Waals surface area contributed by atoms with Gasteiger partial charge < -0.3 is 27.9 Å². The van der Waals surface area contributed by atoms with E-state index in [-0.39, 0.29) is 32.0 Å². The molecule has 0 saturated carbocycles. The molecule has 0 aromatic rings. The van der Waals surface area contributed by atoms with E-state index in [1.807, 2.05) is 21.1 Å². The Hall–Kier alpha value is -1.51. The van der Waals surface area contributed by atoms with Crippen LogP contribution in [0.5, 0.6) is 0 Å². The molecule has 0 spiro atoms. The molecule has 0 aromatic carbocycles. The van der Waals surface area contributed by atoms with E-state index < -0.39 is 26.5 Å². The molecule has 0 N–H and O–H groups in total. The van der Waals surface area contributed by atoms with E-state index >= 15 is 0 Å². The molecule has 0 aliphatic carbocycles. The molecule has 420 valence electrons. The number of esters is 2. The minimum absolute atomic E-state index is 0.0315. The van der Waals surface area contributed by atoms with Gasteiger partial charge in [0.2, 0.25) is 0 Å². The van der Waals surface area contributed by atoms with Crippen LogP contribution in [0.4, 0.5) is 0 Å². The highest BCUT2D eigenvalue weighted by Gasteiger charge is 2.22. The van der Waals surface area contributed by atoms with Crippen LogP contribution in [0.25, 0.3) is 0 Å². The van der Waals surface area contributed by atoms with E-state index in [1.165, 1.54) is 212 Å². The Balaban J connectivity index is 3.97. The van der Waals surface area contributed by atoms with Gasteiger partial charge in [-0.2, -0.15) is 0 Å². The minimum Gasteiger partial charge on any atom is -0.756 e. The number of phosphoric ester groups is 1. The van der Waals surface area contributed by atoms with Gasteiger partial charge in [0.25, 0.3) is 7.82 Å². The van der Waals surface area contributed by atoms with Crippen LogP contribution in [0.2, 0.25) is 0 Å². The quantitative estimate of drug-likeness (QED) is 0.0195. The maximum absolute atomic E-state index is 12.7. The molecular formula is C61H118NO8P. The Morgan fingerprint density at radius 1 is 0.437 bits per heavy atom. The number of carbonyl (C=O) groups excluding carboxylic acids is 2. The Kier molecular flexibility index (Phi) is 52.2. The third kappa shape index (κ3) is 57.6. The van der Waals surface area contributed by atoms with Gasteiger partial charge in [0, 0.05) is 12.8 Å². The average molecular weight is 1020 g/mol. The van der Waals surface area contributed by atoms with Gasteiger partial charge in [-0.15, -0.1) is 0 Å². The number of phosphoric acid groups is 1. The summed E-state index contributed by atoms with van der Waals surface area (Å²) in [4.78, 5) is 37.8. The molecular weight excluding hydrogens is 906 g/mol. The number of quaternary nitrogens is 1. The van der Waals surface area contributed by atoms with E-state index in [1.54, 1.807) is 0 Å². The van der Waals surface area contributed by atoms with Crippen LogP contribution in [0.1, 0.15) is 303 Å². The fourth-order valence-corrected chi connectivity index (χ4v) is 9.71. The van der Waals surface area contributed by atoms with Crippen LogP contribution in [0, 0.1) is 0 Å². The largest absolute Gasteiger partial charge is 0.756 e. The van der Waals surface area contributed by atoms with Crippen molar-refractivity contribution in [3.63, 3.8) is 0 Å². The lowest BCUT2D eigenvalue weighted by atomic mass is 10.0. The Morgan fingerprint density at radius 3 is 1.14 bits per heavy atom. The predicted octanol–water partition coefficient (Wildman–Crippen LogP) is 18.4. The van der Waals surface area contributed by atoms with Gasteiger partial charge in [0.15, 0.2) is 6.10 Å². The lowest BCUT2D eigenvalue weighted by molar-refractivity contribution is -0.870. The van der Waals surface area contributed by atoms with Crippen molar-refractivity contribution in [2.45, 2.75) is 309 Å². The van der Waals surface area contributed by atoms with Crippen molar-refractivity contribution in [3.8, 4) is 0 Å². The zero-order chi connectivity index (χ0) is 52.0. The van der Waals surface area contributed by atoms with Crippen molar-refractivity contribution in [3.05, 3.63) is 24.3 Å². The summed E-state index contributed by atoms with van der Waals surface area (Å²) < 4.78 is 34.1. The second-order valence-electron chi connectivity index (χ2n) is 22.1. The highest BCUT2D eigenvalue weighted by Crippen LogP contribution is 2.38. The minimum atomic E-state index is -4.63. The Morgan fingerprint density at radius 2 is 0.761 bits per heavy atom. The SMILES string of the molecule is CCCCC/C=C\C/C=C\CCCCCCCC(=O)OC(COC(=O)CCCCCCCCCCCCCCCCCCCCCCCCCCCCCCCCCC)COP(=O)([O-])OCC[N+](C)(C)C. The van der Waals surface area contributed by atoms with Crippen LogP contribution in [0.3, 0.4) is 0 Å². The van der Waals surface area contributed by atoms with E-state index in [0.29, 0.717) is 17.4 Å². The third-order valence-electron chi connectivity index (χ3n) is 13.7. The van der Waals surface area contributed by atoms with E-state index in [9.17, 15) is 19.0 Å². The first kappa shape index (κ1) is 69.5. The van der Waals surface area contributed by atoms with Crippen molar-refractivity contribution in [2.24, 2.45) is 0 Å². The number of ether oxygens (including phenoxy) is 2. The summed E-state index contributed by atoms with van der Waals surface area (Å²) in [6.07, 6.45) is 64.0. The number of nitrogens with zero attached hydrogens (tertiary/aromatic N) is 1. The average Bonchev–Trinajstić information content (AvgIpc) is 3.33. The summed E-state index contributed by atoms with van der Waals surface area (Å²) in [5.41, 5.74) is 0. The first-order chi connectivity index (χ1) is 34.5. The maximum Gasteiger partial charge on any atom is 0.306 e. The number of allylic oxidation sites excluding steroid dienone is 4. The molecule has 0 aliphatic rings. The van der Waals surface area contributed by atoms with Crippen LogP contribution in [-0.4, -0.2) is 70.0 Å². The third-order valence-corrected chi connectivity index (χ3v) is 14.7. The van der Waals surface area contributed by atoms with E-state index in [4.69, 9.17) is 18.5 Å². The Bertz CT molecular complexity index is 1250. The molecule has 0 saturated heterocycles. The zero-order valence-corrected chi connectivity index (χ0v) is 48.6. The molecule has 0 aromatic heterocycles. The van der Waals surface area contributed by atoms with Gasteiger partial charge in [-0.3, -0.25) is 14.2 Å². The molecule has 0 fully saturated rings. The van der Waals surface area contributed by atoms with Gasteiger partial charge in [-0.25, -0.2) is 0 Å². The van der Waals surface area contributed by atoms with Crippen LogP contribution >= 0.6 is 7.82 Å². The molecule has 2 unspecified atom stereocenters. The highest BCUT2D eigenvalue weighted by molar-refractivity contribution is 7.45. The molecule has 0 heterocycles. The second kappa shape index (κ2) is 53.3. The first-order valence-corrected chi connectivity index (χ1v) is 32.0. The van der Waals surface area contributed by atoms with Gasteiger partial charge in [-0.05, 0) is 44.9 Å². The molecule has 10 heteroatoms. The molecule has 0 rings (SSSR count). The zero-order valence-electron chi connectivity index (χ0n) is 47.7. The van der Waals surface area contributed by atoms with Crippen LogP contribution in [0.15, 0.2) is 24.3 Å². The molecule has 0 aliphatic heterocycles. The predicted molar refractivity (Wildman–Crippen MR) is 301 cm³/mol. The molecule has 2 atom stereocenters.